The topological polar surface area (TPSA) is 249 Å². The SMILES string of the molecule is CC(=O)c1ccc(COC(=O)C(CCCCNC(=O)c2ccc(S(N)(=O)=O)cc2)NC(=O)c2ccc(-c3c4ccc(=O)cc-4oc4cc(O)ccc34)c(C(=O)O)c2)cc1. The number of primary sulfonamides is 1. The van der Waals surface area contributed by atoms with Crippen LogP contribution in [0.5, 0.6) is 5.75 Å². The first-order chi connectivity index (χ1) is 28.1. The normalized spacial score (nSPS) is 11.8. The van der Waals surface area contributed by atoms with Crippen LogP contribution >= 0.6 is 0 Å². The second-order valence-electron chi connectivity index (χ2n) is 13.6. The van der Waals surface area contributed by atoms with E-state index in [0.29, 0.717) is 40.5 Å². The van der Waals surface area contributed by atoms with Crippen LogP contribution in [-0.2, 0) is 26.2 Å². The smallest absolute Gasteiger partial charge is 0.336 e. The number of benzene rings is 5. The van der Waals surface area contributed by atoms with Gasteiger partial charge in [0.25, 0.3) is 11.8 Å². The maximum atomic E-state index is 13.8. The molecule has 6 rings (SSSR count). The summed E-state index contributed by atoms with van der Waals surface area (Å²) in [4.78, 5) is 76.3. The van der Waals surface area contributed by atoms with Crippen molar-refractivity contribution in [2.75, 3.05) is 6.54 Å². The van der Waals surface area contributed by atoms with Crippen LogP contribution in [0.25, 0.3) is 33.4 Å². The van der Waals surface area contributed by atoms with Crippen LogP contribution in [0.3, 0.4) is 0 Å². The van der Waals surface area contributed by atoms with Crippen molar-refractivity contribution in [1.29, 1.82) is 0 Å². The molecule has 0 radical (unpaired) electrons. The number of aromatic carboxylic acids is 1. The second-order valence-corrected chi connectivity index (χ2v) is 15.2. The van der Waals surface area contributed by atoms with E-state index in [1.807, 2.05) is 0 Å². The zero-order valence-electron chi connectivity index (χ0n) is 31.4. The Morgan fingerprint density at radius 3 is 2.15 bits per heavy atom. The van der Waals surface area contributed by atoms with Gasteiger partial charge in [0.05, 0.1) is 10.5 Å². The molecule has 302 valence electrons. The van der Waals surface area contributed by atoms with E-state index in [2.05, 4.69) is 10.6 Å². The van der Waals surface area contributed by atoms with Gasteiger partial charge in [-0.2, -0.15) is 0 Å². The summed E-state index contributed by atoms with van der Waals surface area (Å²) in [5, 5.41) is 31.4. The van der Waals surface area contributed by atoms with E-state index in [0.717, 1.165) is 0 Å². The average Bonchev–Trinajstić information content (AvgIpc) is 3.20. The third-order valence-corrected chi connectivity index (χ3v) is 10.4. The summed E-state index contributed by atoms with van der Waals surface area (Å²) in [6.07, 6.45) is 0.746. The first-order valence-electron chi connectivity index (χ1n) is 18.1. The van der Waals surface area contributed by atoms with Gasteiger partial charge in [0, 0.05) is 51.9 Å². The molecule has 0 saturated heterocycles. The largest absolute Gasteiger partial charge is 0.508 e. The average molecular weight is 820 g/mol. The van der Waals surface area contributed by atoms with Crippen LogP contribution in [0, 0.1) is 0 Å². The molecule has 1 unspecified atom stereocenters. The van der Waals surface area contributed by atoms with Gasteiger partial charge in [-0.15, -0.1) is 0 Å². The van der Waals surface area contributed by atoms with Gasteiger partial charge in [-0.1, -0.05) is 30.3 Å². The zero-order chi connectivity index (χ0) is 42.4. The van der Waals surface area contributed by atoms with Crippen LogP contribution in [0.1, 0.15) is 73.2 Å². The predicted molar refractivity (Wildman–Crippen MR) is 215 cm³/mol. The van der Waals surface area contributed by atoms with Crippen molar-refractivity contribution in [3.05, 3.63) is 141 Å². The number of fused-ring (bicyclic) bond motifs is 2. The van der Waals surface area contributed by atoms with Crippen LogP contribution in [0.2, 0.25) is 0 Å². The quantitative estimate of drug-likeness (QED) is 0.0385. The Balaban J connectivity index is 1.21. The van der Waals surface area contributed by atoms with Crippen molar-refractivity contribution >= 4 is 50.5 Å². The maximum absolute atomic E-state index is 13.8. The number of sulfonamides is 1. The molecule has 0 spiro atoms. The third-order valence-electron chi connectivity index (χ3n) is 9.44. The van der Waals surface area contributed by atoms with Crippen LogP contribution in [-0.4, -0.2) is 60.8 Å². The molecule has 1 aliphatic carbocycles. The zero-order valence-corrected chi connectivity index (χ0v) is 32.2. The van der Waals surface area contributed by atoms with Crippen LogP contribution in [0.15, 0.2) is 117 Å². The highest BCUT2D eigenvalue weighted by molar-refractivity contribution is 7.89. The molecule has 16 heteroatoms. The van der Waals surface area contributed by atoms with Crippen LogP contribution in [0.4, 0.5) is 0 Å². The molecule has 15 nitrogen and oxygen atoms in total. The highest BCUT2D eigenvalue weighted by atomic mass is 32.2. The Bertz CT molecular complexity index is 2740. The number of carboxylic acid groups (broad SMARTS) is 1. The highest BCUT2D eigenvalue weighted by Gasteiger charge is 2.26. The summed E-state index contributed by atoms with van der Waals surface area (Å²) in [5.74, 6) is -3.50. The number of ether oxygens (including phenoxy) is 1. The maximum Gasteiger partial charge on any atom is 0.336 e. The fourth-order valence-electron chi connectivity index (χ4n) is 6.38. The first kappa shape index (κ1) is 41.5. The van der Waals surface area contributed by atoms with Crippen molar-refractivity contribution in [2.24, 2.45) is 5.14 Å². The molecular formula is C43H37N3O12S. The molecule has 2 aliphatic rings. The monoisotopic (exact) mass is 819 g/mol. The van der Waals surface area contributed by atoms with Crippen molar-refractivity contribution in [1.82, 2.24) is 10.6 Å². The van der Waals surface area contributed by atoms with Crippen molar-refractivity contribution in [3.63, 3.8) is 0 Å². The Labute approximate surface area is 336 Å². The lowest BCUT2D eigenvalue weighted by molar-refractivity contribution is -0.147. The number of ketones is 1. The number of hydrogen-bond acceptors (Lipinski definition) is 11. The lowest BCUT2D eigenvalue weighted by atomic mass is 9.89. The number of hydrogen-bond donors (Lipinski definition) is 5. The second kappa shape index (κ2) is 17.5. The number of Topliss-reactive ketones (excluding diaryl/α,β-unsaturated/α-hetero) is 1. The standard InChI is InChI=1S/C43H37N3O12S/c1-24(47)26-7-5-25(6-8-26)23-57-43(54)36(4-2-3-19-45-40(50)27-9-14-31(15-10-27)59(44,55)56)46-41(51)28-11-16-32(35(20-28)42(52)53)39-33-17-12-29(48)21-37(33)58-38-22-30(49)13-18-34(38)39/h5-18,20-22,36,48H,2-4,19,23H2,1H3,(H,45,50)(H,46,51)(H,52,53)(H2,44,55,56). The van der Waals surface area contributed by atoms with E-state index in [1.165, 1.54) is 79.7 Å². The fourth-order valence-corrected chi connectivity index (χ4v) is 6.90. The van der Waals surface area contributed by atoms with Crippen molar-refractivity contribution in [2.45, 2.75) is 43.7 Å². The summed E-state index contributed by atoms with van der Waals surface area (Å²) >= 11 is 0. The molecule has 0 fully saturated rings. The first-order valence-corrected chi connectivity index (χ1v) is 19.7. The minimum atomic E-state index is -3.93. The minimum Gasteiger partial charge on any atom is -0.508 e. The Morgan fingerprint density at radius 2 is 1.47 bits per heavy atom. The molecule has 1 atom stereocenters. The fraction of sp³-hybridized carbons (Fsp3) is 0.163. The molecule has 1 heterocycles. The van der Waals surface area contributed by atoms with E-state index in [9.17, 15) is 47.4 Å². The van der Waals surface area contributed by atoms with Crippen molar-refractivity contribution in [3.8, 4) is 28.2 Å². The number of carbonyl (C=O) groups is 5. The number of amides is 2. The number of carboxylic acids is 1. The van der Waals surface area contributed by atoms with Gasteiger partial charge in [-0.05, 0) is 98.0 Å². The van der Waals surface area contributed by atoms with Gasteiger partial charge in [0.1, 0.15) is 29.7 Å². The lowest BCUT2D eigenvalue weighted by Crippen LogP contribution is -2.42. The number of phenolic OH excluding ortho intramolecular Hbond substituents is 1. The van der Waals surface area contributed by atoms with Gasteiger partial charge in [0.15, 0.2) is 11.2 Å². The van der Waals surface area contributed by atoms with E-state index in [4.69, 9.17) is 14.3 Å². The van der Waals surface area contributed by atoms with Gasteiger partial charge < -0.3 is 30.0 Å². The molecule has 4 aromatic carbocycles. The summed E-state index contributed by atoms with van der Waals surface area (Å²) < 4.78 is 34.5. The van der Waals surface area contributed by atoms with E-state index in [-0.39, 0.29) is 75.0 Å². The predicted octanol–water partition coefficient (Wildman–Crippen LogP) is 5.26. The Morgan fingerprint density at radius 1 is 0.797 bits per heavy atom. The molecule has 1 aliphatic heterocycles. The van der Waals surface area contributed by atoms with E-state index >= 15 is 0 Å². The molecular weight excluding hydrogens is 783 g/mol. The van der Waals surface area contributed by atoms with Crippen LogP contribution < -0.4 is 21.2 Å². The molecule has 59 heavy (non-hydrogen) atoms. The molecule has 4 aromatic rings. The van der Waals surface area contributed by atoms with E-state index < -0.39 is 39.8 Å². The molecule has 0 bridgehead atoms. The number of carbonyl (C=O) groups excluding carboxylic acids is 4. The molecule has 2 amide bonds. The number of rotatable bonds is 15. The Kier molecular flexibility index (Phi) is 12.3. The number of phenols is 1. The van der Waals surface area contributed by atoms with E-state index in [1.54, 1.807) is 30.3 Å². The number of nitrogens with two attached hydrogens (primary N) is 1. The van der Waals surface area contributed by atoms with Gasteiger partial charge in [0.2, 0.25) is 10.0 Å². The number of esters is 1. The summed E-state index contributed by atoms with van der Waals surface area (Å²) in [5.41, 5.74) is 1.74. The third kappa shape index (κ3) is 9.87. The summed E-state index contributed by atoms with van der Waals surface area (Å²) in [7, 11) is -3.93. The van der Waals surface area contributed by atoms with Crippen molar-refractivity contribution < 1.29 is 51.8 Å². The number of nitrogens with one attached hydrogen (secondary N) is 2. The lowest BCUT2D eigenvalue weighted by Gasteiger charge is -2.19. The summed E-state index contributed by atoms with van der Waals surface area (Å²) in [6.45, 7) is 1.43. The minimum absolute atomic E-state index is 0.0662. The molecule has 6 N–H and O–H groups in total. The van der Waals surface area contributed by atoms with Gasteiger partial charge >= 0.3 is 11.9 Å². The Hall–Kier alpha value is -7.17. The number of unbranched alkanes of at least 4 members (excludes halogenated alkanes) is 1. The summed E-state index contributed by atoms with van der Waals surface area (Å²) in [6, 6.07) is 22.7. The van der Waals surface area contributed by atoms with Gasteiger partial charge in [-0.3, -0.25) is 19.2 Å². The van der Waals surface area contributed by atoms with Gasteiger partial charge in [-0.25, -0.2) is 23.1 Å². The number of aromatic hydroxyl groups is 1. The molecule has 0 saturated carbocycles. The molecule has 0 aromatic heterocycles. The highest BCUT2D eigenvalue weighted by Crippen LogP contribution is 2.42.